The molecule has 0 radical (unpaired) electrons. The fourth-order valence-electron chi connectivity index (χ4n) is 2.55. The maximum atomic E-state index is 12.7. The third kappa shape index (κ3) is 2.85. The lowest BCUT2D eigenvalue weighted by Crippen LogP contribution is -2.48. The van der Waals surface area contributed by atoms with Gasteiger partial charge in [0.15, 0.2) is 18.0 Å². The van der Waals surface area contributed by atoms with E-state index in [4.69, 9.17) is 14.6 Å². The van der Waals surface area contributed by atoms with Gasteiger partial charge in [-0.3, -0.25) is 9.59 Å². The summed E-state index contributed by atoms with van der Waals surface area (Å²) >= 11 is 0. The van der Waals surface area contributed by atoms with E-state index in [9.17, 15) is 14.4 Å². The molecule has 0 aromatic heterocycles. The molecule has 0 bridgehead atoms. The number of ether oxygens (including phenoxy) is 2. The topological polar surface area (TPSA) is 105 Å². The zero-order valence-corrected chi connectivity index (χ0v) is 12.4. The molecule has 0 aliphatic carbocycles. The minimum absolute atomic E-state index is 0.0280. The Labute approximate surface area is 132 Å². The number of morpholine rings is 1. The molecule has 2 heterocycles. The third-order valence-electron chi connectivity index (χ3n) is 3.80. The van der Waals surface area contributed by atoms with Crippen molar-refractivity contribution in [1.82, 2.24) is 4.90 Å². The minimum Gasteiger partial charge on any atom is -0.479 e. The first-order valence-corrected chi connectivity index (χ1v) is 7.21. The van der Waals surface area contributed by atoms with E-state index >= 15 is 0 Å². The van der Waals surface area contributed by atoms with Crippen molar-refractivity contribution in [2.45, 2.75) is 19.1 Å². The van der Waals surface area contributed by atoms with Crippen molar-refractivity contribution in [2.24, 2.45) is 0 Å². The summed E-state index contributed by atoms with van der Waals surface area (Å²) in [7, 11) is 0. The van der Waals surface area contributed by atoms with E-state index in [0.29, 0.717) is 23.5 Å². The molecule has 0 spiro atoms. The van der Waals surface area contributed by atoms with Gasteiger partial charge in [0, 0.05) is 6.54 Å². The van der Waals surface area contributed by atoms with Crippen molar-refractivity contribution in [1.29, 1.82) is 0 Å². The number of aliphatic carboxylic acids is 1. The number of amides is 2. The van der Waals surface area contributed by atoms with Gasteiger partial charge < -0.3 is 24.8 Å². The normalized spacial score (nSPS) is 23.5. The largest absolute Gasteiger partial charge is 0.479 e. The summed E-state index contributed by atoms with van der Waals surface area (Å²) < 4.78 is 10.7. The van der Waals surface area contributed by atoms with Gasteiger partial charge in [0.1, 0.15) is 0 Å². The van der Waals surface area contributed by atoms with Crippen LogP contribution < -0.4 is 10.1 Å². The summed E-state index contributed by atoms with van der Waals surface area (Å²) in [5.74, 6) is -1.42. The molecular formula is C15H16N2O6. The molecule has 1 aromatic rings. The van der Waals surface area contributed by atoms with Crippen LogP contribution in [0.3, 0.4) is 0 Å². The Morgan fingerprint density at radius 3 is 2.91 bits per heavy atom. The summed E-state index contributed by atoms with van der Waals surface area (Å²) in [6.45, 7) is 2.02. The number of nitrogens with zero attached hydrogens (tertiary/aromatic N) is 1. The van der Waals surface area contributed by atoms with Gasteiger partial charge in [0.25, 0.3) is 11.8 Å². The number of nitrogens with one attached hydrogen (secondary N) is 1. The predicted octanol–water partition coefficient (Wildman–Crippen LogP) is 0.332. The first-order valence-electron chi connectivity index (χ1n) is 7.21. The Hall–Kier alpha value is -2.61. The molecule has 2 aliphatic heterocycles. The number of carboxylic acid groups (broad SMARTS) is 1. The number of anilines is 1. The molecule has 1 fully saturated rings. The maximum absolute atomic E-state index is 12.7. The predicted molar refractivity (Wildman–Crippen MR) is 78.4 cm³/mol. The molecule has 2 amide bonds. The zero-order valence-electron chi connectivity index (χ0n) is 12.4. The highest BCUT2D eigenvalue weighted by atomic mass is 16.5. The van der Waals surface area contributed by atoms with Crippen molar-refractivity contribution < 1.29 is 29.0 Å². The average Bonchev–Trinajstić information content (AvgIpc) is 2.55. The zero-order chi connectivity index (χ0) is 16.6. The number of benzene rings is 1. The molecule has 2 N–H and O–H groups in total. The lowest BCUT2D eigenvalue weighted by atomic mass is 10.1. The number of hydrogen-bond acceptors (Lipinski definition) is 5. The van der Waals surface area contributed by atoms with Gasteiger partial charge in [0.2, 0.25) is 0 Å². The number of carbonyl (C=O) groups is 3. The Balaban J connectivity index is 1.87. The van der Waals surface area contributed by atoms with E-state index in [1.807, 2.05) is 0 Å². The highest BCUT2D eigenvalue weighted by molar-refractivity contribution is 6.04. The number of carboxylic acids is 1. The third-order valence-corrected chi connectivity index (χ3v) is 3.80. The Kier molecular flexibility index (Phi) is 3.91. The second kappa shape index (κ2) is 5.88. The lowest BCUT2D eigenvalue weighted by Gasteiger charge is -2.32. The molecule has 23 heavy (non-hydrogen) atoms. The molecule has 0 unspecified atom stereocenters. The molecule has 3 rings (SSSR count). The van der Waals surface area contributed by atoms with Gasteiger partial charge in [-0.05, 0) is 19.1 Å². The average molecular weight is 320 g/mol. The van der Waals surface area contributed by atoms with E-state index in [0.717, 1.165) is 0 Å². The molecule has 0 saturated carbocycles. The lowest BCUT2D eigenvalue weighted by molar-refractivity contribution is -0.154. The summed E-state index contributed by atoms with van der Waals surface area (Å²) in [5, 5.41) is 11.7. The molecule has 1 saturated heterocycles. The molecule has 122 valence electrons. The molecule has 2 aliphatic rings. The van der Waals surface area contributed by atoms with Crippen molar-refractivity contribution in [3.8, 4) is 5.75 Å². The van der Waals surface area contributed by atoms with E-state index in [1.54, 1.807) is 25.1 Å². The summed E-state index contributed by atoms with van der Waals surface area (Å²) in [6, 6.07) is 4.88. The van der Waals surface area contributed by atoms with Crippen LogP contribution in [0.5, 0.6) is 5.75 Å². The van der Waals surface area contributed by atoms with Gasteiger partial charge in [0.05, 0.1) is 24.4 Å². The van der Waals surface area contributed by atoms with E-state index in [2.05, 4.69) is 5.32 Å². The van der Waals surface area contributed by atoms with Crippen LogP contribution in [-0.2, 0) is 14.3 Å². The fourth-order valence-corrected chi connectivity index (χ4v) is 2.55. The highest BCUT2D eigenvalue weighted by Crippen LogP contribution is 2.34. The van der Waals surface area contributed by atoms with E-state index in [1.165, 1.54) is 4.90 Å². The van der Waals surface area contributed by atoms with Crippen LogP contribution in [0.2, 0.25) is 0 Å². The summed E-state index contributed by atoms with van der Waals surface area (Å²) in [6.07, 6.45) is -1.74. The second-order valence-corrected chi connectivity index (χ2v) is 5.38. The number of hydrogen-bond donors (Lipinski definition) is 2. The van der Waals surface area contributed by atoms with E-state index < -0.39 is 18.2 Å². The molecule has 1 aromatic carbocycles. The van der Waals surface area contributed by atoms with Gasteiger partial charge in [-0.2, -0.15) is 0 Å². The smallest absolute Gasteiger partial charge is 0.334 e. The van der Waals surface area contributed by atoms with Gasteiger partial charge in [-0.15, -0.1) is 0 Å². The highest BCUT2D eigenvalue weighted by Gasteiger charge is 2.33. The van der Waals surface area contributed by atoms with E-state index in [-0.39, 0.29) is 25.0 Å². The van der Waals surface area contributed by atoms with Crippen molar-refractivity contribution >= 4 is 23.5 Å². The fraction of sp³-hybridized carbons (Fsp3) is 0.400. The molecular weight excluding hydrogens is 304 g/mol. The van der Waals surface area contributed by atoms with Crippen molar-refractivity contribution in [2.75, 3.05) is 25.0 Å². The van der Waals surface area contributed by atoms with Crippen LogP contribution in [0, 0.1) is 0 Å². The van der Waals surface area contributed by atoms with Crippen LogP contribution in [0.4, 0.5) is 5.69 Å². The monoisotopic (exact) mass is 320 g/mol. The standard InChI is InChI=1S/C15H16N2O6/c1-8-13(18)16-10-4-2-3-9(12(10)23-8)14(19)17-5-6-22-11(7-17)15(20)21/h2-4,8,11H,5-7H2,1H3,(H,16,18)(H,20,21)/t8-,11-/m0/s1. The van der Waals surface area contributed by atoms with Crippen molar-refractivity contribution in [3.05, 3.63) is 23.8 Å². The minimum atomic E-state index is -1.10. The Bertz CT molecular complexity index is 674. The second-order valence-electron chi connectivity index (χ2n) is 5.38. The quantitative estimate of drug-likeness (QED) is 0.814. The SMILES string of the molecule is C[C@@H]1Oc2c(cccc2C(=O)N2CCO[C@H](C(=O)O)C2)NC1=O. The molecule has 8 nitrogen and oxygen atoms in total. The summed E-state index contributed by atoms with van der Waals surface area (Å²) in [5.41, 5.74) is 0.724. The number of carbonyl (C=O) groups excluding carboxylic acids is 2. The molecule has 2 atom stereocenters. The Morgan fingerprint density at radius 1 is 1.39 bits per heavy atom. The van der Waals surface area contributed by atoms with Gasteiger partial charge in [-0.1, -0.05) is 6.07 Å². The Morgan fingerprint density at radius 2 is 2.17 bits per heavy atom. The van der Waals surface area contributed by atoms with Crippen LogP contribution in [0.1, 0.15) is 17.3 Å². The number of fused-ring (bicyclic) bond motifs is 1. The van der Waals surface area contributed by atoms with Crippen LogP contribution >= 0.6 is 0 Å². The molecule has 8 heteroatoms. The first-order chi connectivity index (χ1) is 11.0. The van der Waals surface area contributed by atoms with Gasteiger partial charge in [-0.25, -0.2) is 4.79 Å². The maximum Gasteiger partial charge on any atom is 0.334 e. The number of para-hydroxylation sites is 1. The number of rotatable bonds is 2. The van der Waals surface area contributed by atoms with Crippen LogP contribution in [0.25, 0.3) is 0 Å². The van der Waals surface area contributed by atoms with Crippen LogP contribution in [0.15, 0.2) is 18.2 Å². The van der Waals surface area contributed by atoms with Crippen molar-refractivity contribution in [3.63, 3.8) is 0 Å². The van der Waals surface area contributed by atoms with Crippen LogP contribution in [-0.4, -0.2) is 59.7 Å². The van der Waals surface area contributed by atoms with Gasteiger partial charge >= 0.3 is 5.97 Å². The summed E-state index contributed by atoms with van der Waals surface area (Å²) in [4.78, 5) is 36.8. The first kappa shape index (κ1) is 15.3.